The van der Waals surface area contributed by atoms with Crippen molar-refractivity contribution in [1.82, 2.24) is 20.0 Å². The van der Waals surface area contributed by atoms with Crippen LogP contribution in [-0.2, 0) is 24.4 Å². The summed E-state index contributed by atoms with van der Waals surface area (Å²) in [5, 5.41) is 7.70. The first-order valence-corrected chi connectivity index (χ1v) is 9.60. The van der Waals surface area contributed by atoms with Gasteiger partial charge in [0.15, 0.2) is 0 Å². The fourth-order valence-corrected chi connectivity index (χ4v) is 4.80. The molecule has 1 aromatic heterocycles. The molecule has 1 aliphatic carbocycles. The van der Waals surface area contributed by atoms with E-state index in [-0.39, 0.29) is 11.8 Å². The second kappa shape index (κ2) is 6.24. The molecule has 1 aromatic rings. The van der Waals surface area contributed by atoms with E-state index in [1.54, 1.807) is 0 Å². The monoisotopic (exact) mass is 320 g/mol. The number of fused-ring (bicyclic) bond motifs is 1. The lowest BCUT2D eigenvalue weighted by Gasteiger charge is -2.32. The van der Waals surface area contributed by atoms with Crippen molar-refractivity contribution in [3.8, 4) is 0 Å². The second-order valence-corrected chi connectivity index (χ2v) is 7.83. The van der Waals surface area contributed by atoms with E-state index in [0.29, 0.717) is 6.54 Å². The van der Waals surface area contributed by atoms with Crippen molar-refractivity contribution < 1.29 is 4.79 Å². The van der Waals surface area contributed by atoms with Gasteiger partial charge in [-0.2, -0.15) is 16.9 Å². The summed E-state index contributed by atoms with van der Waals surface area (Å²) < 4.78 is 2.13. The summed E-state index contributed by atoms with van der Waals surface area (Å²) in [6.45, 7) is 3.67. The minimum atomic E-state index is 0.210. The Bertz CT molecular complexity index is 548. The Morgan fingerprint density at radius 3 is 3.00 bits per heavy atom. The van der Waals surface area contributed by atoms with E-state index in [0.717, 1.165) is 44.2 Å². The third-order valence-electron chi connectivity index (χ3n) is 5.22. The van der Waals surface area contributed by atoms with Gasteiger partial charge in [0.1, 0.15) is 0 Å². The number of carbonyl (C=O) groups excluding carboxylic acids is 1. The number of carbonyl (C=O) groups is 1. The van der Waals surface area contributed by atoms with Gasteiger partial charge in [-0.05, 0) is 31.1 Å². The Morgan fingerprint density at radius 1 is 1.36 bits per heavy atom. The zero-order valence-electron chi connectivity index (χ0n) is 13.0. The van der Waals surface area contributed by atoms with Crippen LogP contribution in [0.3, 0.4) is 0 Å². The number of thioether (sulfide) groups is 1. The molecule has 1 amide bonds. The number of aromatic nitrogens is 2. The average molecular weight is 320 g/mol. The minimum Gasteiger partial charge on any atom is -0.350 e. The molecule has 22 heavy (non-hydrogen) atoms. The summed E-state index contributed by atoms with van der Waals surface area (Å²) in [5.41, 5.74) is 2.31. The van der Waals surface area contributed by atoms with E-state index >= 15 is 0 Å². The summed E-state index contributed by atoms with van der Waals surface area (Å²) in [6, 6.07) is 2.92. The fraction of sp³-hybridized carbons (Fsp3) is 0.750. The second-order valence-electron chi connectivity index (χ2n) is 6.68. The molecular formula is C16H24N4OS. The highest BCUT2D eigenvalue weighted by molar-refractivity contribution is 7.99. The largest absolute Gasteiger partial charge is 0.350 e. The Labute approximate surface area is 135 Å². The molecule has 1 saturated carbocycles. The highest BCUT2D eigenvalue weighted by Crippen LogP contribution is 2.27. The first-order valence-electron chi connectivity index (χ1n) is 8.45. The van der Waals surface area contributed by atoms with Gasteiger partial charge in [-0.15, -0.1) is 0 Å². The smallest absolute Gasteiger partial charge is 0.223 e. The molecule has 6 heteroatoms. The first kappa shape index (κ1) is 14.6. The molecule has 1 N–H and O–H groups in total. The number of nitrogens with one attached hydrogen (secondary N) is 1. The van der Waals surface area contributed by atoms with Crippen LogP contribution in [0.4, 0.5) is 0 Å². The molecule has 2 fully saturated rings. The van der Waals surface area contributed by atoms with Gasteiger partial charge in [0.25, 0.3) is 0 Å². The SMILES string of the molecule is O=C(NCc1cc2n(n1)CCN(C1CCSC1)C2)C1CCC1. The van der Waals surface area contributed by atoms with Gasteiger partial charge >= 0.3 is 0 Å². The van der Waals surface area contributed by atoms with Crippen molar-refractivity contribution in [3.05, 3.63) is 17.5 Å². The highest BCUT2D eigenvalue weighted by atomic mass is 32.2. The Balaban J connectivity index is 1.35. The topological polar surface area (TPSA) is 50.2 Å². The van der Waals surface area contributed by atoms with E-state index in [1.807, 2.05) is 0 Å². The standard InChI is InChI=1S/C16H24N4OS/c21-16(12-2-1-3-12)17-9-13-8-15-10-19(5-6-20(15)18-13)14-4-7-22-11-14/h8,12,14H,1-7,9-11H2,(H,17,21). The zero-order valence-corrected chi connectivity index (χ0v) is 13.8. The van der Waals surface area contributed by atoms with Gasteiger partial charge in [0.2, 0.25) is 5.91 Å². The summed E-state index contributed by atoms with van der Waals surface area (Å²) in [5.74, 6) is 3.05. The number of hydrogen-bond acceptors (Lipinski definition) is 4. The van der Waals surface area contributed by atoms with Crippen LogP contribution in [0.15, 0.2) is 6.07 Å². The highest BCUT2D eigenvalue weighted by Gasteiger charge is 2.28. The van der Waals surface area contributed by atoms with E-state index in [4.69, 9.17) is 0 Å². The van der Waals surface area contributed by atoms with Crippen LogP contribution >= 0.6 is 11.8 Å². The molecule has 1 atom stereocenters. The third kappa shape index (κ3) is 2.91. The van der Waals surface area contributed by atoms with Crippen molar-refractivity contribution >= 4 is 17.7 Å². The third-order valence-corrected chi connectivity index (χ3v) is 6.36. The molecule has 120 valence electrons. The van der Waals surface area contributed by atoms with E-state index in [1.165, 1.54) is 30.0 Å². The predicted molar refractivity (Wildman–Crippen MR) is 87.6 cm³/mol. The molecule has 3 heterocycles. The molecule has 1 saturated heterocycles. The quantitative estimate of drug-likeness (QED) is 0.916. The number of hydrogen-bond donors (Lipinski definition) is 1. The average Bonchev–Trinajstić information content (AvgIpc) is 3.11. The van der Waals surface area contributed by atoms with E-state index < -0.39 is 0 Å². The van der Waals surface area contributed by atoms with Gasteiger partial charge < -0.3 is 5.32 Å². The van der Waals surface area contributed by atoms with Crippen molar-refractivity contribution in [2.24, 2.45) is 5.92 Å². The van der Waals surface area contributed by atoms with E-state index in [9.17, 15) is 4.79 Å². The summed E-state index contributed by atoms with van der Waals surface area (Å²) in [7, 11) is 0. The van der Waals surface area contributed by atoms with E-state index in [2.05, 4.69) is 37.8 Å². The Morgan fingerprint density at radius 2 is 2.27 bits per heavy atom. The number of rotatable bonds is 4. The summed E-state index contributed by atoms with van der Waals surface area (Å²) in [6.07, 6.45) is 4.63. The van der Waals surface area contributed by atoms with Crippen molar-refractivity contribution in [2.45, 2.75) is 51.4 Å². The Kier molecular flexibility index (Phi) is 4.13. The normalized spacial score (nSPS) is 25.7. The molecule has 3 aliphatic rings. The maximum Gasteiger partial charge on any atom is 0.223 e. The molecule has 0 spiro atoms. The van der Waals surface area contributed by atoms with Crippen LogP contribution in [-0.4, -0.2) is 44.7 Å². The van der Waals surface area contributed by atoms with Gasteiger partial charge in [-0.25, -0.2) is 0 Å². The molecule has 0 radical (unpaired) electrons. The fourth-order valence-electron chi connectivity index (χ4n) is 3.55. The predicted octanol–water partition coefficient (Wildman–Crippen LogP) is 1.62. The maximum absolute atomic E-state index is 11.9. The number of amides is 1. The maximum atomic E-state index is 11.9. The number of nitrogens with zero attached hydrogens (tertiary/aromatic N) is 3. The lowest BCUT2D eigenvalue weighted by atomic mass is 9.85. The van der Waals surface area contributed by atoms with Crippen LogP contribution in [0.1, 0.15) is 37.1 Å². The lowest BCUT2D eigenvalue weighted by Crippen LogP contribution is -2.41. The lowest BCUT2D eigenvalue weighted by molar-refractivity contribution is -0.127. The van der Waals surface area contributed by atoms with Crippen molar-refractivity contribution in [1.29, 1.82) is 0 Å². The van der Waals surface area contributed by atoms with Crippen LogP contribution in [0, 0.1) is 5.92 Å². The molecule has 0 aromatic carbocycles. The van der Waals surface area contributed by atoms with Crippen LogP contribution in [0.25, 0.3) is 0 Å². The minimum absolute atomic E-state index is 0.210. The van der Waals surface area contributed by atoms with Gasteiger partial charge in [0.05, 0.1) is 24.5 Å². The molecule has 1 unspecified atom stereocenters. The molecular weight excluding hydrogens is 296 g/mol. The van der Waals surface area contributed by atoms with Crippen LogP contribution in [0.2, 0.25) is 0 Å². The first-order chi connectivity index (χ1) is 10.8. The molecule has 4 rings (SSSR count). The van der Waals surface area contributed by atoms with Gasteiger partial charge in [0, 0.05) is 30.8 Å². The van der Waals surface area contributed by atoms with Gasteiger partial charge in [-0.3, -0.25) is 14.4 Å². The van der Waals surface area contributed by atoms with Gasteiger partial charge in [-0.1, -0.05) is 6.42 Å². The summed E-state index contributed by atoms with van der Waals surface area (Å²) >= 11 is 2.07. The summed E-state index contributed by atoms with van der Waals surface area (Å²) in [4.78, 5) is 14.5. The van der Waals surface area contributed by atoms with Crippen LogP contribution < -0.4 is 5.32 Å². The van der Waals surface area contributed by atoms with Crippen molar-refractivity contribution in [2.75, 3.05) is 18.1 Å². The Hall–Kier alpha value is -1.01. The van der Waals surface area contributed by atoms with Crippen molar-refractivity contribution in [3.63, 3.8) is 0 Å². The zero-order chi connectivity index (χ0) is 14.9. The molecule has 5 nitrogen and oxygen atoms in total. The van der Waals surface area contributed by atoms with Crippen LogP contribution in [0.5, 0.6) is 0 Å². The molecule has 0 bridgehead atoms. The molecule has 2 aliphatic heterocycles.